The van der Waals surface area contributed by atoms with Gasteiger partial charge in [0.25, 0.3) is 0 Å². The summed E-state index contributed by atoms with van der Waals surface area (Å²) in [6.07, 6.45) is 3.72. The molecule has 0 saturated heterocycles. The fourth-order valence-electron chi connectivity index (χ4n) is 4.07. The van der Waals surface area contributed by atoms with Crippen molar-refractivity contribution >= 4 is 35.1 Å². The highest BCUT2D eigenvalue weighted by molar-refractivity contribution is 6.35. The molecule has 3 rings (SSSR count). The lowest BCUT2D eigenvalue weighted by Gasteiger charge is -2.36. The zero-order chi connectivity index (χ0) is 25.5. The van der Waals surface area contributed by atoms with Crippen LogP contribution in [0.2, 0.25) is 5.02 Å². The number of unbranched alkanes of at least 4 members (excludes halogenated alkanes) is 1. The minimum atomic E-state index is -0.741. The third kappa shape index (κ3) is 5.70. The van der Waals surface area contributed by atoms with Gasteiger partial charge in [0.15, 0.2) is 11.6 Å². The van der Waals surface area contributed by atoms with E-state index in [9.17, 15) is 4.79 Å². The molecule has 0 aliphatic carbocycles. The first-order chi connectivity index (χ1) is 16.9. The molecule has 0 spiro atoms. The van der Waals surface area contributed by atoms with Crippen molar-refractivity contribution in [3.8, 4) is 11.5 Å². The number of amides is 2. The van der Waals surface area contributed by atoms with Gasteiger partial charge in [-0.1, -0.05) is 25.4 Å². The van der Waals surface area contributed by atoms with E-state index in [1.54, 1.807) is 6.20 Å². The molecule has 2 heterocycles. The van der Waals surface area contributed by atoms with Gasteiger partial charge in [0.05, 0.1) is 20.8 Å². The van der Waals surface area contributed by atoms with Gasteiger partial charge in [-0.15, -0.1) is 0 Å². The second-order valence-electron chi connectivity index (χ2n) is 8.07. The first-order valence-corrected chi connectivity index (χ1v) is 12.3. The lowest BCUT2D eigenvalue weighted by molar-refractivity contribution is 0.250. The number of benzene rings is 1. The molecule has 0 radical (unpaired) electrons. The van der Waals surface area contributed by atoms with Crippen LogP contribution in [-0.4, -0.2) is 67.8 Å². The molecule has 1 aliphatic heterocycles. The third-order valence-corrected chi connectivity index (χ3v) is 6.47. The Hall–Kier alpha value is -2.85. The largest absolute Gasteiger partial charge is 0.495 e. The van der Waals surface area contributed by atoms with E-state index in [0.717, 1.165) is 39.0 Å². The normalized spacial score (nSPS) is 13.3. The summed E-state index contributed by atoms with van der Waals surface area (Å²) in [5, 5.41) is 3.24. The minimum Gasteiger partial charge on any atom is -0.495 e. The molecule has 2 amide bonds. The van der Waals surface area contributed by atoms with Crippen LogP contribution in [0.1, 0.15) is 39.2 Å². The fraction of sp³-hybridized carbons (Fsp3) is 0.542. The summed E-state index contributed by atoms with van der Waals surface area (Å²) in [7, 11) is 2.76. The van der Waals surface area contributed by atoms with Crippen LogP contribution in [0.5, 0.6) is 11.5 Å². The van der Waals surface area contributed by atoms with E-state index in [2.05, 4.69) is 34.0 Å². The Kier molecular flexibility index (Phi) is 9.33. The molecule has 0 fully saturated rings. The number of nitrogens with zero attached hydrogens (tertiary/aromatic N) is 5. The molecule has 35 heavy (non-hydrogen) atoms. The van der Waals surface area contributed by atoms with Crippen LogP contribution in [-0.2, 0) is 6.54 Å². The van der Waals surface area contributed by atoms with E-state index in [-0.39, 0.29) is 28.8 Å². The Bertz CT molecular complexity index is 1010. The lowest BCUT2D eigenvalue weighted by Crippen LogP contribution is -2.48. The fourth-order valence-corrected chi connectivity index (χ4v) is 4.39. The maximum Gasteiger partial charge on any atom is 0.330 e. The number of anilines is 3. The molecular formula is C24H34ClFN6O3. The van der Waals surface area contributed by atoms with Gasteiger partial charge < -0.3 is 19.7 Å². The Morgan fingerprint density at radius 2 is 1.89 bits per heavy atom. The molecule has 9 nitrogen and oxygen atoms in total. The van der Waals surface area contributed by atoms with Gasteiger partial charge in [0.2, 0.25) is 5.95 Å². The summed E-state index contributed by atoms with van der Waals surface area (Å²) in [5.41, 5.74) is 0.572. The minimum absolute atomic E-state index is 0.0115. The summed E-state index contributed by atoms with van der Waals surface area (Å²) in [6, 6.07) is 0.907. The van der Waals surface area contributed by atoms with Gasteiger partial charge in [-0.05, 0) is 39.4 Å². The van der Waals surface area contributed by atoms with Gasteiger partial charge in [0, 0.05) is 30.9 Å². The number of hydrogen-bond donors (Lipinski definition) is 1. The van der Waals surface area contributed by atoms with Crippen molar-refractivity contribution in [1.82, 2.24) is 14.9 Å². The number of rotatable bonds is 12. The van der Waals surface area contributed by atoms with Crippen molar-refractivity contribution in [2.75, 3.05) is 62.1 Å². The molecule has 2 aromatic rings. The molecule has 11 heteroatoms. The van der Waals surface area contributed by atoms with Crippen LogP contribution < -0.4 is 24.6 Å². The highest BCUT2D eigenvalue weighted by Crippen LogP contribution is 2.44. The van der Waals surface area contributed by atoms with Crippen molar-refractivity contribution in [1.29, 1.82) is 0 Å². The number of ether oxygens (including phenoxy) is 2. The van der Waals surface area contributed by atoms with E-state index in [1.165, 1.54) is 30.1 Å². The van der Waals surface area contributed by atoms with Crippen LogP contribution in [0.15, 0.2) is 12.3 Å². The molecule has 1 N–H and O–H groups in total. The maximum absolute atomic E-state index is 15.3. The van der Waals surface area contributed by atoms with Crippen LogP contribution >= 0.6 is 11.6 Å². The summed E-state index contributed by atoms with van der Waals surface area (Å²) in [4.78, 5) is 27.6. The molecular weight excluding hydrogens is 475 g/mol. The van der Waals surface area contributed by atoms with Gasteiger partial charge in [-0.2, -0.15) is 4.98 Å². The molecule has 0 bridgehead atoms. The van der Waals surface area contributed by atoms with Crippen molar-refractivity contribution in [2.45, 2.75) is 40.2 Å². The van der Waals surface area contributed by atoms with Gasteiger partial charge in [-0.25, -0.2) is 14.2 Å². The van der Waals surface area contributed by atoms with Crippen LogP contribution in [0.25, 0.3) is 0 Å². The average Bonchev–Trinajstić information content (AvgIpc) is 2.87. The Labute approximate surface area is 211 Å². The quantitative estimate of drug-likeness (QED) is 0.413. The molecule has 0 saturated carbocycles. The Morgan fingerprint density at radius 1 is 1.17 bits per heavy atom. The number of methoxy groups -OCH3 is 2. The summed E-state index contributed by atoms with van der Waals surface area (Å²) < 4.78 is 25.6. The molecule has 0 atom stereocenters. The predicted octanol–water partition coefficient (Wildman–Crippen LogP) is 4.79. The molecule has 1 aromatic heterocycles. The standard InChI is InChI=1S/C24H34ClFN6O3/c1-6-30(7-2)12-10-9-11-27-23-28-14-16-15-32(24(33)31(8-3)22(16)29-23)21-19(25)17(34-4)13-18(35-5)20(21)26/h13-14H,6-12,15H2,1-5H3,(H,27,28,29). The smallest absolute Gasteiger partial charge is 0.330 e. The number of urea groups is 1. The first-order valence-electron chi connectivity index (χ1n) is 11.9. The zero-order valence-electron chi connectivity index (χ0n) is 21.0. The number of carbonyl (C=O) groups is 1. The van der Waals surface area contributed by atoms with Gasteiger partial charge in [0.1, 0.15) is 22.3 Å². The van der Waals surface area contributed by atoms with Gasteiger partial charge in [-0.3, -0.25) is 9.80 Å². The van der Waals surface area contributed by atoms with Crippen molar-refractivity contribution in [2.24, 2.45) is 0 Å². The van der Waals surface area contributed by atoms with Crippen molar-refractivity contribution < 1.29 is 18.7 Å². The Balaban J connectivity index is 1.81. The van der Waals surface area contributed by atoms with E-state index >= 15 is 4.39 Å². The number of halogens is 2. The topological polar surface area (TPSA) is 83.1 Å². The molecule has 1 aliphatic rings. The number of aromatic nitrogens is 2. The second-order valence-corrected chi connectivity index (χ2v) is 8.45. The van der Waals surface area contributed by atoms with Crippen molar-refractivity contribution in [3.05, 3.63) is 28.7 Å². The highest BCUT2D eigenvalue weighted by Gasteiger charge is 2.36. The summed E-state index contributed by atoms with van der Waals surface area (Å²) in [5.74, 6) is 0.354. The zero-order valence-corrected chi connectivity index (χ0v) is 21.8. The average molecular weight is 509 g/mol. The SMILES string of the molecule is CCN(CC)CCCCNc1ncc2c(n1)N(CC)C(=O)N(c1c(F)c(OC)cc(OC)c1Cl)C2. The Morgan fingerprint density at radius 3 is 2.51 bits per heavy atom. The lowest BCUT2D eigenvalue weighted by atomic mass is 10.1. The number of fused-ring (bicyclic) bond motifs is 1. The maximum atomic E-state index is 15.3. The number of nitrogens with one attached hydrogen (secondary N) is 1. The van der Waals surface area contributed by atoms with E-state index in [1.807, 2.05) is 6.92 Å². The highest BCUT2D eigenvalue weighted by atomic mass is 35.5. The van der Waals surface area contributed by atoms with Crippen LogP contribution in [0, 0.1) is 5.82 Å². The van der Waals surface area contributed by atoms with Gasteiger partial charge >= 0.3 is 6.03 Å². The molecule has 1 aromatic carbocycles. The molecule has 192 valence electrons. The van der Waals surface area contributed by atoms with E-state index in [0.29, 0.717) is 23.9 Å². The first kappa shape index (κ1) is 26.7. The predicted molar refractivity (Wildman–Crippen MR) is 137 cm³/mol. The summed E-state index contributed by atoms with van der Waals surface area (Å²) in [6.45, 7) is 10.4. The third-order valence-electron chi connectivity index (χ3n) is 6.10. The van der Waals surface area contributed by atoms with Crippen LogP contribution in [0.3, 0.4) is 0 Å². The summed E-state index contributed by atoms with van der Waals surface area (Å²) >= 11 is 6.43. The van der Waals surface area contributed by atoms with Crippen LogP contribution in [0.4, 0.5) is 26.6 Å². The monoisotopic (exact) mass is 508 g/mol. The van der Waals surface area contributed by atoms with E-state index in [4.69, 9.17) is 21.1 Å². The number of carbonyl (C=O) groups excluding carboxylic acids is 1. The van der Waals surface area contributed by atoms with E-state index < -0.39 is 11.8 Å². The second kappa shape index (κ2) is 12.2. The molecule has 0 unspecified atom stereocenters. The van der Waals surface area contributed by atoms with Crippen molar-refractivity contribution in [3.63, 3.8) is 0 Å². The number of hydrogen-bond acceptors (Lipinski definition) is 7.